The fourth-order valence-electron chi connectivity index (χ4n) is 1.62. The van der Waals surface area contributed by atoms with Gasteiger partial charge in [0.25, 0.3) is 0 Å². The van der Waals surface area contributed by atoms with Crippen LogP contribution in [0, 0.1) is 6.92 Å². The highest BCUT2D eigenvalue weighted by Crippen LogP contribution is 2.16. The molecule has 0 unspecified atom stereocenters. The number of nitrogens with zero attached hydrogens (tertiary/aromatic N) is 4. The summed E-state index contributed by atoms with van der Waals surface area (Å²) >= 11 is 0. The standard InChI is InChI=1S/C13H17N5O2/c1-9-7-10(16-12(19)20-13(2,3)4)8-14-11(9)18-6-5-15-17-18/h5-8H,1-4H3,(H,16,19). The lowest BCUT2D eigenvalue weighted by Gasteiger charge is -2.19. The summed E-state index contributed by atoms with van der Waals surface area (Å²) in [5.74, 6) is 0.664. The van der Waals surface area contributed by atoms with Gasteiger partial charge in [-0.25, -0.2) is 14.5 Å². The third kappa shape index (κ3) is 3.53. The van der Waals surface area contributed by atoms with E-state index in [9.17, 15) is 4.79 Å². The van der Waals surface area contributed by atoms with E-state index in [0.717, 1.165) is 5.56 Å². The van der Waals surface area contributed by atoms with Gasteiger partial charge in [0, 0.05) is 0 Å². The van der Waals surface area contributed by atoms with E-state index >= 15 is 0 Å². The SMILES string of the molecule is Cc1cc(NC(=O)OC(C)(C)C)cnc1-n1ccnn1. The molecular formula is C13H17N5O2. The largest absolute Gasteiger partial charge is 0.444 e. The lowest BCUT2D eigenvalue weighted by molar-refractivity contribution is 0.0636. The van der Waals surface area contributed by atoms with Crippen LogP contribution in [0.1, 0.15) is 26.3 Å². The minimum atomic E-state index is -0.534. The highest BCUT2D eigenvalue weighted by Gasteiger charge is 2.16. The molecule has 7 heteroatoms. The Kier molecular flexibility index (Phi) is 3.69. The third-order valence-electron chi connectivity index (χ3n) is 2.34. The fourth-order valence-corrected chi connectivity index (χ4v) is 1.62. The Balaban J connectivity index is 2.12. The van der Waals surface area contributed by atoms with Crippen LogP contribution >= 0.6 is 0 Å². The van der Waals surface area contributed by atoms with Crippen molar-refractivity contribution < 1.29 is 9.53 Å². The minimum Gasteiger partial charge on any atom is -0.444 e. The molecule has 0 saturated heterocycles. The molecule has 2 aromatic heterocycles. The van der Waals surface area contributed by atoms with Crippen molar-refractivity contribution in [3.8, 4) is 5.82 Å². The first-order valence-corrected chi connectivity index (χ1v) is 6.18. The van der Waals surface area contributed by atoms with Crippen molar-refractivity contribution in [2.75, 3.05) is 5.32 Å². The average Bonchev–Trinajstić information content (AvgIpc) is 2.79. The van der Waals surface area contributed by atoms with Crippen LogP contribution < -0.4 is 5.32 Å². The number of carbonyl (C=O) groups excluding carboxylic acids is 1. The van der Waals surface area contributed by atoms with Gasteiger partial charge in [-0.05, 0) is 39.3 Å². The molecule has 0 aliphatic heterocycles. The monoisotopic (exact) mass is 275 g/mol. The number of anilines is 1. The number of carbonyl (C=O) groups is 1. The van der Waals surface area contributed by atoms with Crippen LogP contribution in [-0.4, -0.2) is 31.7 Å². The van der Waals surface area contributed by atoms with Crippen LogP contribution in [0.5, 0.6) is 0 Å². The van der Waals surface area contributed by atoms with Crippen LogP contribution in [0.3, 0.4) is 0 Å². The summed E-state index contributed by atoms with van der Waals surface area (Å²) in [7, 11) is 0. The van der Waals surface area contributed by atoms with E-state index in [1.807, 2.05) is 27.7 Å². The molecule has 0 fully saturated rings. The third-order valence-corrected chi connectivity index (χ3v) is 2.34. The molecule has 0 saturated carbocycles. The van der Waals surface area contributed by atoms with E-state index in [-0.39, 0.29) is 0 Å². The van der Waals surface area contributed by atoms with Gasteiger partial charge in [0.15, 0.2) is 5.82 Å². The molecule has 106 valence electrons. The van der Waals surface area contributed by atoms with Crippen molar-refractivity contribution >= 4 is 11.8 Å². The van der Waals surface area contributed by atoms with Gasteiger partial charge in [0.1, 0.15) is 5.60 Å². The predicted octanol–water partition coefficient (Wildman–Crippen LogP) is 2.32. The van der Waals surface area contributed by atoms with Gasteiger partial charge in [-0.2, -0.15) is 0 Å². The number of ether oxygens (including phenoxy) is 1. The number of aryl methyl sites for hydroxylation is 1. The maximum atomic E-state index is 11.7. The molecule has 1 amide bonds. The summed E-state index contributed by atoms with van der Waals surface area (Å²) in [5.41, 5.74) is 0.900. The summed E-state index contributed by atoms with van der Waals surface area (Å²) in [6.07, 6.45) is 4.32. The van der Waals surface area contributed by atoms with Crippen molar-refractivity contribution in [2.45, 2.75) is 33.3 Å². The van der Waals surface area contributed by atoms with Crippen molar-refractivity contribution in [2.24, 2.45) is 0 Å². The molecule has 20 heavy (non-hydrogen) atoms. The Morgan fingerprint density at radius 2 is 2.15 bits per heavy atom. The number of amides is 1. The van der Waals surface area contributed by atoms with E-state index in [1.54, 1.807) is 29.3 Å². The number of pyridine rings is 1. The molecule has 0 atom stereocenters. The van der Waals surface area contributed by atoms with E-state index in [0.29, 0.717) is 11.5 Å². The van der Waals surface area contributed by atoms with Crippen LogP contribution in [0.4, 0.5) is 10.5 Å². The minimum absolute atomic E-state index is 0.507. The fraction of sp³-hybridized carbons (Fsp3) is 0.385. The van der Waals surface area contributed by atoms with Crippen molar-refractivity contribution in [1.82, 2.24) is 20.0 Å². The first kappa shape index (κ1) is 14.0. The quantitative estimate of drug-likeness (QED) is 0.909. The lowest BCUT2D eigenvalue weighted by Crippen LogP contribution is -2.27. The second-order valence-corrected chi connectivity index (χ2v) is 5.34. The zero-order chi connectivity index (χ0) is 14.8. The molecular weight excluding hydrogens is 258 g/mol. The molecule has 0 aromatic carbocycles. The summed E-state index contributed by atoms with van der Waals surface area (Å²) in [6.45, 7) is 7.31. The summed E-state index contributed by atoms with van der Waals surface area (Å²) in [6, 6.07) is 1.80. The highest BCUT2D eigenvalue weighted by atomic mass is 16.6. The lowest BCUT2D eigenvalue weighted by atomic mass is 10.2. The van der Waals surface area contributed by atoms with Gasteiger partial charge in [0.2, 0.25) is 0 Å². The van der Waals surface area contributed by atoms with Gasteiger partial charge in [-0.1, -0.05) is 5.21 Å². The normalized spacial score (nSPS) is 11.2. The second kappa shape index (κ2) is 5.28. The Hall–Kier alpha value is -2.44. The second-order valence-electron chi connectivity index (χ2n) is 5.34. The van der Waals surface area contributed by atoms with Crippen LogP contribution in [0.25, 0.3) is 5.82 Å². The highest BCUT2D eigenvalue weighted by molar-refractivity contribution is 5.84. The Bertz CT molecular complexity index is 602. The molecule has 0 radical (unpaired) electrons. The van der Waals surface area contributed by atoms with Gasteiger partial charge < -0.3 is 4.74 Å². The number of aromatic nitrogens is 4. The first-order valence-electron chi connectivity index (χ1n) is 6.18. The van der Waals surface area contributed by atoms with Gasteiger partial charge in [0.05, 0.1) is 24.3 Å². The summed E-state index contributed by atoms with van der Waals surface area (Å²) in [4.78, 5) is 15.9. The molecule has 0 bridgehead atoms. The van der Waals surface area contributed by atoms with E-state index in [4.69, 9.17) is 4.74 Å². The summed E-state index contributed by atoms with van der Waals surface area (Å²) < 4.78 is 6.74. The topological polar surface area (TPSA) is 81.9 Å². The predicted molar refractivity (Wildman–Crippen MR) is 73.7 cm³/mol. The Morgan fingerprint density at radius 3 is 2.70 bits per heavy atom. The molecule has 1 N–H and O–H groups in total. The number of nitrogens with one attached hydrogen (secondary N) is 1. The molecule has 2 heterocycles. The molecule has 2 aromatic rings. The maximum Gasteiger partial charge on any atom is 0.412 e. The Morgan fingerprint density at radius 1 is 1.40 bits per heavy atom. The average molecular weight is 275 g/mol. The molecule has 0 spiro atoms. The zero-order valence-electron chi connectivity index (χ0n) is 11.9. The van der Waals surface area contributed by atoms with Gasteiger partial charge in [-0.3, -0.25) is 5.32 Å². The number of rotatable bonds is 2. The molecule has 0 aliphatic carbocycles. The molecule has 7 nitrogen and oxygen atoms in total. The smallest absolute Gasteiger partial charge is 0.412 e. The molecule has 2 rings (SSSR count). The van der Waals surface area contributed by atoms with Crippen LogP contribution in [-0.2, 0) is 4.74 Å². The molecule has 0 aliphatic rings. The first-order chi connectivity index (χ1) is 9.35. The Labute approximate surface area is 117 Å². The van der Waals surface area contributed by atoms with Gasteiger partial charge >= 0.3 is 6.09 Å². The van der Waals surface area contributed by atoms with Crippen molar-refractivity contribution in [1.29, 1.82) is 0 Å². The van der Waals surface area contributed by atoms with E-state index in [2.05, 4.69) is 20.6 Å². The van der Waals surface area contributed by atoms with Gasteiger partial charge in [-0.15, -0.1) is 5.10 Å². The number of hydrogen-bond donors (Lipinski definition) is 1. The maximum absolute atomic E-state index is 11.7. The van der Waals surface area contributed by atoms with E-state index < -0.39 is 11.7 Å². The number of hydrogen-bond acceptors (Lipinski definition) is 5. The zero-order valence-corrected chi connectivity index (χ0v) is 11.9. The van der Waals surface area contributed by atoms with Crippen LogP contribution in [0.2, 0.25) is 0 Å². The van der Waals surface area contributed by atoms with Crippen molar-refractivity contribution in [3.05, 3.63) is 30.2 Å². The van der Waals surface area contributed by atoms with E-state index in [1.165, 1.54) is 0 Å². The summed E-state index contributed by atoms with van der Waals surface area (Å²) in [5, 5.41) is 10.3. The van der Waals surface area contributed by atoms with Crippen molar-refractivity contribution in [3.63, 3.8) is 0 Å². The van der Waals surface area contributed by atoms with Crippen LogP contribution in [0.15, 0.2) is 24.7 Å².